The number of ether oxygens (including phenoxy) is 1. The van der Waals surface area contributed by atoms with Crippen molar-refractivity contribution in [2.75, 3.05) is 13.7 Å². The molecular weight excluding hydrogens is 323 g/mol. The first kappa shape index (κ1) is 18.7. The summed E-state index contributed by atoms with van der Waals surface area (Å²) in [5.41, 5.74) is 1.50. The van der Waals surface area contributed by atoms with Crippen LogP contribution in [0.25, 0.3) is 0 Å². The first-order valence-electron chi connectivity index (χ1n) is 8.08. The molecule has 3 N–H and O–H groups in total. The van der Waals surface area contributed by atoms with Crippen molar-refractivity contribution >= 4 is 6.03 Å². The van der Waals surface area contributed by atoms with Crippen LogP contribution in [0.5, 0.6) is 5.75 Å². The van der Waals surface area contributed by atoms with E-state index in [1.165, 1.54) is 12.1 Å². The number of hydrogen-bond donors (Lipinski definition) is 3. The summed E-state index contributed by atoms with van der Waals surface area (Å²) in [6.45, 7) is 1.93. The third kappa shape index (κ3) is 6.08. The number of urea groups is 1. The van der Waals surface area contributed by atoms with Gasteiger partial charge in [0.1, 0.15) is 11.6 Å². The van der Waals surface area contributed by atoms with Gasteiger partial charge in [0.15, 0.2) is 0 Å². The zero-order chi connectivity index (χ0) is 18.2. The molecule has 0 aliphatic carbocycles. The molecular formula is C19H23FN2O3. The molecule has 0 fully saturated rings. The summed E-state index contributed by atoms with van der Waals surface area (Å²) in [7, 11) is 1.57. The van der Waals surface area contributed by atoms with Gasteiger partial charge in [0.2, 0.25) is 0 Å². The standard InChI is InChI=1S/C19H23FN2O3/c1-13(10-14-4-3-5-16(20)11-14)22-19(24)21-12-18(23)15-6-8-17(25-2)9-7-15/h3-9,11,13,18,23H,10,12H2,1-2H3,(H2,21,22,24). The van der Waals surface area contributed by atoms with Crippen molar-refractivity contribution in [3.63, 3.8) is 0 Å². The Labute approximate surface area is 146 Å². The summed E-state index contributed by atoms with van der Waals surface area (Å²) in [6, 6.07) is 12.7. The highest BCUT2D eigenvalue weighted by atomic mass is 19.1. The summed E-state index contributed by atoms with van der Waals surface area (Å²) in [6.07, 6.45) is -0.290. The number of carbonyl (C=O) groups excluding carboxylic acids is 1. The Morgan fingerprint density at radius 2 is 1.96 bits per heavy atom. The van der Waals surface area contributed by atoms with Crippen molar-refractivity contribution in [2.45, 2.75) is 25.5 Å². The van der Waals surface area contributed by atoms with Gasteiger partial charge in [-0.25, -0.2) is 9.18 Å². The van der Waals surface area contributed by atoms with Crippen LogP contribution in [0.2, 0.25) is 0 Å². The Balaban J connectivity index is 1.77. The summed E-state index contributed by atoms with van der Waals surface area (Å²) < 4.78 is 18.2. The van der Waals surface area contributed by atoms with E-state index >= 15 is 0 Å². The molecule has 0 aliphatic heterocycles. The topological polar surface area (TPSA) is 70.6 Å². The van der Waals surface area contributed by atoms with Crippen LogP contribution >= 0.6 is 0 Å². The summed E-state index contributed by atoms with van der Waals surface area (Å²) in [5.74, 6) is 0.407. The minimum absolute atomic E-state index is 0.0881. The quantitative estimate of drug-likeness (QED) is 0.722. The molecule has 5 nitrogen and oxygen atoms in total. The fraction of sp³-hybridized carbons (Fsp3) is 0.316. The number of carbonyl (C=O) groups is 1. The van der Waals surface area contributed by atoms with Crippen LogP contribution in [0.4, 0.5) is 9.18 Å². The molecule has 2 atom stereocenters. The number of hydrogen-bond acceptors (Lipinski definition) is 3. The molecule has 2 unspecified atom stereocenters. The van der Waals surface area contributed by atoms with Crippen LogP contribution in [-0.2, 0) is 6.42 Å². The summed E-state index contributed by atoms with van der Waals surface area (Å²) in [4.78, 5) is 11.9. The van der Waals surface area contributed by atoms with Crippen LogP contribution in [0.15, 0.2) is 48.5 Å². The van der Waals surface area contributed by atoms with E-state index in [1.54, 1.807) is 37.4 Å². The largest absolute Gasteiger partial charge is 0.497 e. The molecule has 2 aromatic carbocycles. The van der Waals surface area contributed by atoms with E-state index in [0.717, 1.165) is 5.56 Å². The van der Waals surface area contributed by atoms with E-state index in [9.17, 15) is 14.3 Å². The average Bonchev–Trinajstić information content (AvgIpc) is 2.59. The normalized spacial score (nSPS) is 13.0. The fourth-order valence-corrected chi connectivity index (χ4v) is 2.48. The predicted octanol–water partition coefficient (Wildman–Crippen LogP) is 2.80. The Kier molecular flexibility index (Phi) is 6.77. The molecule has 0 heterocycles. The maximum absolute atomic E-state index is 13.2. The second kappa shape index (κ2) is 9.03. The van der Waals surface area contributed by atoms with Gasteiger partial charge in [0, 0.05) is 12.6 Å². The number of amides is 2. The van der Waals surface area contributed by atoms with Gasteiger partial charge in [0.05, 0.1) is 13.2 Å². The average molecular weight is 346 g/mol. The number of halogens is 1. The molecule has 6 heteroatoms. The monoisotopic (exact) mass is 346 g/mol. The Bertz CT molecular complexity index is 691. The van der Waals surface area contributed by atoms with Gasteiger partial charge in [-0.2, -0.15) is 0 Å². The number of aliphatic hydroxyl groups is 1. The molecule has 2 aromatic rings. The van der Waals surface area contributed by atoms with Gasteiger partial charge in [-0.1, -0.05) is 24.3 Å². The van der Waals surface area contributed by atoms with Crippen LogP contribution in [0, 0.1) is 5.82 Å². The molecule has 0 bridgehead atoms. The van der Waals surface area contributed by atoms with Crippen molar-refractivity contribution in [2.24, 2.45) is 0 Å². The molecule has 25 heavy (non-hydrogen) atoms. The molecule has 0 aliphatic rings. The van der Waals surface area contributed by atoms with Gasteiger partial charge in [0.25, 0.3) is 0 Å². The molecule has 0 spiro atoms. The lowest BCUT2D eigenvalue weighted by Crippen LogP contribution is -2.43. The van der Waals surface area contributed by atoms with Crippen molar-refractivity contribution in [3.8, 4) is 5.75 Å². The molecule has 0 saturated heterocycles. The van der Waals surface area contributed by atoms with Crippen molar-refractivity contribution in [1.29, 1.82) is 0 Å². The van der Waals surface area contributed by atoms with Crippen LogP contribution in [0.3, 0.4) is 0 Å². The van der Waals surface area contributed by atoms with E-state index in [0.29, 0.717) is 17.7 Å². The SMILES string of the molecule is COc1ccc(C(O)CNC(=O)NC(C)Cc2cccc(F)c2)cc1. The maximum atomic E-state index is 13.2. The summed E-state index contributed by atoms with van der Waals surface area (Å²) >= 11 is 0. The van der Waals surface area contributed by atoms with Gasteiger partial charge >= 0.3 is 6.03 Å². The summed E-state index contributed by atoms with van der Waals surface area (Å²) in [5, 5.41) is 15.5. The van der Waals surface area contributed by atoms with E-state index in [4.69, 9.17) is 4.74 Å². The van der Waals surface area contributed by atoms with E-state index in [1.807, 2.05) is 13.0 Å². The van der Waals surface area contributed by atoms with Gasteiger partial charge in [-0.05, 0) is 48.7 Å². The number of benzene rings is 2. The minimum Gasteiger partial charge on any atom is -0.497 e. The highest BCUT2D eigenvalue weighted by Crippen LogP contribution is 2.16. The molecule has 134 valence electrons. The first-order chi connectivity index (χ1) is 12.0. The molecule has 0 radical (unpaired) electrons. The third-order valence-corrected chi connectivity index (χ3v) is 3.76. The van der Waals surface area contributed by atoms with Gasteiger partial charge in [-0.15, -0.1) is 0 Å². The van der Waals surface area contributed by atoms with E-state index in [2.05, 4.69) is 10.6 Å². The minimum atomic E-state index is -0.810. The second-order valence-corrected chi connectivity index (χ2v) is 5.88. The molecule has 2 amide bonds. The van der Waals surface area contributed by atoms with Gasteiger partial charge in [-0.3, -0.25) is 0 Å². The lowest BCUT2D eigenvalue weighted by Gasteiger charge is -2.17. The highest BCUT2D eigenvalue weighted by molar-refractivity contribution is 5.74. The van der Waals surface area contributed by atoms with E-state index < -0.39 is 6.10 Å². The van der Waals surface area contributed by atoms with Crippen LogP contribution in [-0.4, -0.2) is 30.8 Å². The Hall–Kier alpha value is -2.60. The Morgan fingerprint density at radius 3 is 2.60 bits per heavy atom. The first-order valence-corrected chi connectivity index (χ1v) is 8.08. The van der Waals surface area contributed by atoms with Crippen molar-refractivity contribution < 1.29 is 19.0 Å². The Morgan fingerprint density at radius 1 is 1.24 bits per heavy atom. The molecule has 2 rings (SSSR count). The smallest absolute Gasteiger partial charge is 0.315 e. The predicted molar refractivity (Wildman–Crippen MR) is 94.1 cm³/mol. The number of nitrogens with one attached hydrogen (secondary N) is 2. The highest BCUT2D eigenvalue weighted by Gasteiger charge is 2.12. The van der Waals surface area contributed by atoms with Crippen LogP contribution in [0.1, 0.15) is 24.2 Å². The molecule has 0 saturated carbocycles. The third-order valence-electron chi connectivity index (χ3n) is 3.76. The number of aliphatic hydroxyl groups excluding tert-OH is 1. The second-order valence-electron chi connectivity index (χ2n) is 5.88. The lowest BCUT2D eigenvalue weighted by atomic mass is 10.1. The number of rotatable bonds is 7. The van der Waals surface area contributed by atoms with Crippen molar-refractivity contribution in [1.82, 2.24) is 10.6 Å². The lowest BCUT2D eigenvalue weighted by molar-refractivity contribution is 0.172. The van der Waals surface area contributed by atoms with E-state index in [-0.39, 0.29) is 24.4 Å². The fourth-order valence-electron chi connectivity index (χ4n) is 2.48. The molecule has 0 aromatic heterocycles. The number of methoxy groups -OCH3 is 1. The maximum Gasteiger partial charge on any atom is 0.315 e. The van der Waals surface area contributed by atoms with Crippen molar-refractivity contribution in [3.05, 3.63) is 65.5 Å². The van der Waals surface area contributed by atoms with Gasteiger partial charge < -0.3 is 20.5 Å². The van der Waals surface area contributed by atoms with Crippen LogP contribution < -0.4 is 15.4 Å². The zero-order valence-electron chi connectivity index (χ0n) is 14.3. The zero-order valence-corrected chi connectivity index (χ0v) is 14.3.